The van der Waals surface area contributed by atoms with E-state index in [0.717, 1.165) is 56.9 Å². The van der Waals surface area contributed by atoms with Gasteiger partial charge in [0.2, 0.25) is 0 Å². The lowest BCUT2D eigenvalue weighted by Crippen LogP contribution is -2.49. The first kappa shape index (κ1) is 17.7. The fraction of sp³-hybridized carbons (Fsp3) is 0.556. The first-order valence-corrected chi connectivity index (χ1v) is 9.26. The number of hydrogen-bond donors (Lipinski definition) is 0. The van der Waals surface area contributed by atoms with E-state index in [9.17, 15) is 4.79 Å². The van der Waals surface area contributed by atoms with E-state index in [1.165, 1.54) is 6.20 Å². The maximum absolute atomic E-state index is 12.6. The number of amides is 1. The van der Waals surface area contributed by atoms with Crippen molar-refractivity contribution in [3.8, 4) is 0 Å². The summed E-state index contributed by atoms with van der Waals surface area (Å²) in [4.78, 5) is 28.1. The van der Waals surface area contributed by atoms with Crippen molar-refractivity contribution in [2.45, 2.75) is 13.8 Å². The molecule has 2 saturated heterocycles. The van der Waals surface area contributed by atoms with E-state index in [4.69, 9.17) is 9.26 Å². The molecule has 2 aromatic heterocycles. The van der Waals surface area contributed by atoms with Gasteiger partial charge in [-0.2, -0.15) is 0 Å². The summed E-state index contributed by atoms with van der Waals surface area (Å²) in [6, 6.07) is 2.04. The van der Waals surface area contributed by atoms with Gasteiger partial charge in [-0.05, 0) is 13.8 Å². The smallest absolute Gasteiger partial charge is 0.259 e. The predicted molar refractivity (Wildman–Crippen MR) is 99.2 cm³/mol. The monoisotopic (exact) mass is 372 g/mol. The molecule has 2 fully saturated rings. The van der Waals surface area contributed by atoms with Crippen LogP contribution in [-0.4, -0.2) is 78.4 Å². The van der Waals surface area contributed by atoms with Crippen LogP contribution in [-0.2, 0) is 4.74 Å². The Morgan fingerprint density at radius 1 is 0.963 bits per heavy atom. The van der Waals surface area contributed by atoms with Gasteiger partial charge in [-0.25, -0.2) is 9.97 Å². The van der Waals surface area contributed by atoms with Crippen LogP contribution in [0.4, 0.5) is 11.6 Å². The molecule has 0 radical (unpaired) electrons. The zero-order valence-corrected chi connectivity index (χ0v) is 15.7. The lowest BCUT2D eigenvalue weighted by Gasteiger charge is -2.36. The number of morpholine rings is 1. The Hall–Kier alpha value is -2.68. The fourth-order valence-electron chi connectivity index (χ4n) is 3.47. The highest BCUT2D eigenvalue weighted by atomic mass is 16.5. The molecular formula is C18H24N6O3. The van der Waals surface area contributed by atoms with Crippen LogP contribution in [0.2, 0.25) is 0 Å². The van der Waals surface area contributed by atoms with Gasteiger partial charge < -0.3 is 24.0 Å². The van der Waals surface area contributed by atoms with E-state index < -0.39 is 0 Å². The van der Waals surface area contributed by atoms with Crippen molar-refractivity contribution in [2.75, 3.05) is 62.3 Å². The number of carbonyl (C=O) groups excluding carboxylic acids is 1. The number of carbonyl (C=O) groups is 1. The van der Waals surface area contributed by atoms with E-state index in [-0.39, 0.29) is 5.91 Å². The minimum absolute atomic E-state index is 0.0266. The summed E-state index contributed by atoms with van der Waals surface area (Å²) >= 11 is 0. The Morgan fingerprint density at radius 3 is 2.19 bits per heavy atom. The Morgan fingerprint density at radius 2 is 1.59 bits per heavy atom. The predicted octanol–water partition coefficient (Wildman–Crippen LogP) is 0.880. The molecule has 0 atom stereocenters. The molecule has 2 aliphatic heterocycles. The largest absolute Gasteiger partial charge is 0.378 e. The Labute approximate surface area is 157 Å². The number of rotatable bonds is 3. The van der Waals surface area contributed by atoms with Crippen molar-refractivity contribution in [2.24, 2.45) is 0 Å². The molecule has 2 aromatic rings. The van der Waals surface area contributed by atoms with Crippen LogP contribution in [0, 0.1) is 13.8 Å². The average Bonchev–Trinajstić information content (AvgIpc) is 3.13. The van der Waals surface area contributed by atoms with Crippen molar-refractivity contribution in [3.63, 3.8) is 0 Å². The zero-order chi connectivity index (χ0) is 18.8. The molecule has 2 aliphatic rings. The normalized spacial score (nSPS) is 18.1. The third-order valence-electron chi connectivity index (χ3n) is 5.02. The lowest BCUT2D eigenvalue weighted by molar-refractivity contribution is 0.0744. The summed E-state index contributed by atoms with van der Waals surface area (Å²) in [6.45, 7) is 9.55. The fourth-order valence-corrected chi connectivity index (χ4v) is 3.47. The van der Waals surface area contributed by atoms with E-state index >= 15 is 0 Å². The molecule has 4 rings (SSSR count). The molecule has 144 valence electrons. The topological polar surface area (TPSA) is 87.8 Å². The highest BCUT2D eigenvalue weighted by molar-refractivity contribution is 5.94. The molecule has 0 saturated carbocycles. The van der Waals surface area contributed by atoms with Crippen LogP contribution >= 0.6 is 0 Å². The number of aromatic nitrogens is 3. The second-order valence-electron chi connectivity index (χ2n) is 6.81. The molecular weight excluding hydrogens is 348 g/mol. The molecule has 0 aliphatic carbocycles. The molecule has 0 unspecified atom stereocenters. The van der Waals surface area contributed by atoms with Gasteiger partial charge in [0.25, 0.3) is 5.91 Å². The van der Waals surface area contributed by atoms with Gasteiger partial charge in [-0.1, -0.05) is 5.16 Å². The minimum atomic E-state index is -0.0266. The van der Waals surface area contributed by atoms with E-state index in [1.807, 2.05) is 17.9 Å². The standard InChI is InChI=1S/C18H24N6O3/c1-13-15(12-19-27-13)18(25)24-5-3-22(4-6-24)16-11-17(21-14(2)20-16)23-7-9-26-10-8-23/h11-12H,3-10H2,1-2H3. The molecule has 0 bridgehead atoms. The number of piperazine rings is 1. The zero-order valence-electron chi connectivity index (χ0n) is 15.7. The van der Waals surface area contributed by atoms with Crippen molar-refractivity contribution in [1.82, 2.24) is 20.0 Å². The summed E-state index contributed by atoms with van der Waals surface area (Å²) in [6.07, 6.45) is 1.49. The second kappa shape index (κ2) is 7.51. The Kier molecular flexibility index (Phi) is 4.93. The van der Waals surface area contributed by atoms with Crippen molar-refractivity contribution >= 4 is 17.5 Å². The van der Waals surface area contributed by atoms with Crippen molar-refractivity contribution in [3.05, 3.63) is 29.4 Å². The summed E-state index contributed by atoms with van der Waals surface area (Å²) in [5.41, 5.74) is 0.538. The van der Waals surface area contributed by atoms with Crippen LogP contribution < -0.4 is 9.80 Å². The Bertz CT molecular complexity index is 809. The van der Waals surface area contributed by atoms with Crippen molar-refractivity contribution < 1.29 is 14.1 Å². The molecule has 1 amide bonds. The van der Waals surface area contributed by atoms with Crippen LogP contribution in [0.15, 0.2) is 16.8 Å². The molecule has 27 heavy (non-hydrogen) atoms. The molecule has 4 heterocycles. The summed E-state index contributed by atoms with van der Waals surface area (Å²) in [5, 5.41) is 3.70. The van der Waals surface area contributed by atoms with E-state index in [2.05, 4.69) is 24.9 Å². The number of nitrogens with zero attached hydrogens (tertiary/aromatic N) is 6. The van der Waals surface area contributed by atoms with Gasteiger partial charge in [0, 0.05) is 45.3 Å². The Balaban J connectivity index is 1.44. The third-order valence-corrected chi connectivity index (χ3v) is 5.02. The summed E-state index contributed by atoms with van der Waals surface area (Å²) in [5.74, 6) is 3.15. The maximum Gasteiger partial charge on any atom is 0.259 e. The molecule has 9 heteroatoms. The maximum atomic E-state index is 12.6. The molecule has 0 aromatic carbocycles. The van der Waals surface area contributed by atoms with E-state index in [1.54, 1.807) is 6.92 Å². The number of aryl methyl sites for hydroxylation is 2. The average molecular weight is 372 g/mol. The third kappa shape index (κ3) is 3.73. The quantitative estimate of drug-likeness (QED) is 0.785. The van der Waals surface area contributed by atoms with Gasteiger partial charge >= 0.3 is 0 Å². The van der Waals surface area contributed by atoms with Crippen LogP contribution in [0.5, 0.6) is 0 Å². The lowest BCUT2D eigenvalue weighted by atomic mass is 10.2. The first-order chi connectivity index (χ1) is 13.1. The number of ether oxygens (including phenoxy) is 1. The van der Waals surface area contributed by atoms with Gasteiger partial charge in [-0.15, -0.1) is 0 Å². The summed E-state index contributed by atoms with van der Waals surface area (Å²) in [7, 11) is 0. The highest BCUT2D eigenvalue weighted by Crippen LogP contribution is 2.22. The van der Waals surface area contributed by atoms with Crippen LogP contribution in [0.3, 0.4) is 0 Å². The summed E-state index contributed by atoms with van der Waals surface area (Å²) < 4.78 is 10.4. The van der Waals surface area contributed by atoms with E-state index in [0.29, 0.717) is 24.4 Å². The number of hydrogen-bond acceptors (Lipinski definition) is 8. The second-order valence-corrected chi connectivity index (χ2v) is 6.81. The van der Waals surface area contributed by atoms with Gasteiger partial charge in [0.05, 0.1) is 19.4 Å². The SMILES string of the molecule is Cc1nc(N2CCOCC2)cc(N2CCN(C(=O)c3cnoc3C)CC2)n1. The van der Waals surface area contributed by atoms with Gasteiger partial charge in [-0.3, -0.25) is 4.79 Å². The van der Waals surface area contributed by atoms with Crippen LogP contribution in [0.1, 0.15) is 21.9 Å². The van der Waals surface area contributed by atoms with Gasteiger partial charge in [0.1, 0.15) is 28.8 Å². The van der Waals surface area contributed by atoms with Crippen molar-refractivity contribution in [1.29, 1.82) is 0 Å². The minimum Gasteiger partial charge on any atom is -0.378 e. The molecule has 0 spiro atoms. The highest BCUT2D eigenvalue weighted by Gasteiger charge is 2.26. The number of anilines is 2. The molecule has 0 N–H and O–H groups in total. The first-order valence-electron chi connectivity index (χ1n) is 9.26. The van der Waals surface area contributed by atoms with Crippen LogP contribution in [0.25, 0.3) is 0 Å². The molecule has 9 nitrogen and oxygen atoms in total. The van der Waals surface area contributed by atoms with Gasteiger partial charge in [0.15, 0.2) is 0 Å².